The van der Waals surface area contributed by atoms with Crippen molar-refractivity contribution in [2.45, 2.75) is 25.1 Å². The molecule has 1 aromatic carbocycles. The Hall–Kier alpha value is -1.27. The fourth-order valence-electron chi connectivity index (χ4n) is 3.29. The van der Waals surface area contributed by atoms with Crippen LogP contribution < -0.4 is 10.1 Å². The summed E-state index contributed by atoms with van der Waals surface area (Å²) in [5.41, 5.74) is -0.153. The molecule has 6 heteroatoms. The van der Waals surface area contributed by atoms with Crippen LogP contribution in [0.25, 0.3) is 0 Å². The Morgan fingerprint density at radius 1 is 1.23 bits per heavy atom. The van der Waals surface area contributed by atoms with Gasteiger partial charge in [0, 0.05) is 32.2 Å². The van der Waals surface area contributed by atoms with Crippen molar-refractivity contribution in [1.82, 2.24) is 10.2 Å². The van der Waals surface area contributed by atoms with Crippen molar-refractivity contribution in [2.24, 2.45) is 5.92 Å². The second-order valence-corrected chi connectivity index (χ2v) is 6.02. The molecule has 0 bridgehead atoms. The Balaban J connectivity index is 1.99. The zero-order valence-corrected chi connectivity index (χ0v) is 12.6. The first-order chi connectivity index (χ1) is 10.5. The van der Waals surface area contributed by atoms with Crippen LogP contribution in [0.4, 0.5) is 13.2 Å². The van der Waals surface area contributed by atoms with Crippen molar-refractivity contribution in [3.63, 3.8) is 0 Å². The summed E-state index contributed by atoms with van der Waals surface area (Å²) in [4.78, 5) is 2.20. The van der Waals surface area contributed by atoms with E-state index < -0.39 is 11.7 Å². The molecule has 1 atom stereocenters. The molecule has 1 saturated heterocycles. The highest BCUT2D eigenvalue weighted by Crippen LogP contribution is 2.48. The Labute approximate surface area is 128 Å². The molecule has 0 amide bonds. The molecule has 0 aromatic heterocycles. The van der Waals surface area contributed by atoms with Crippen molar-refractivity contribution >= 4 is 0 Å². The fraction of sp³-hybridized carbons (Fsp3) is 0.625. The minimum atomic E-state index is -4.36. The van der Waals surface area contributed by atoms with E-state index in [2.05, 4.69) is 10.2 Å². The first kappa shape index (κ1) is 15.6. The third-order valence-corrected chi connectivity index (χ3v) is 4.50. The van der Waals surface area contributed by atoms with Gasteiger partial charge >= 0.3 is 6.18 Å². The molecule has 1 N–H and O–H groups in total. The van der Waals surface area contributed by atoms with Crippen LogP contribution in [0.15, 0.2) is 18.2 Å². The van der Waals surface area contributed by atoms with Gasteiger partial charge in [-0.15, -0.1) is 0 Å². The molecule has 1 saturated carbocycles. The highest BCUT2D eigenvalue weighted by Gasteiger charge is 2.42. The van der Waals surface area contributed by atoms with E-state index in [0.717, 1.165) is 45.1 Å². The van der Waals surface area contributed by atoms with Crippen molar-refractivity contribution in [2.75, 3.05) is 33.3 Å². The van der Waals surface area contributed by atoms with Gasteiger partial charge in [0.25, 0.3) is 0 Å². The van der Waals surface area contributed by atoms with Crippen LogP contribution in [0.1, 0.15) is 30.0 Å². The number of nitrogens with zero attached hydrogens (tertiary/aromatic N) is 1. The molecule has 22 heavy (non-hydrogen) atoms. The van der Waals surface area contributed by atoms with Gasteiger partial charge in [-0.1, -0.05) is 6.07 Å². The smallest absolute Gasteiger partial charge is 0.416 e. The first-order valence-corrected chi connectivity index (χ1v) is 7.70. The van der Waals surface area contributed by atoms with E-state index >= 15 is 0 Å². The summed E-state index contributed by atoms with van der Waals surface area (Å²) in [5.74, 6) is 0.596. The van der Waals surface area contributed by atoms with Crippen molar-refractivity contribution < 1.29 is 17.9 Å². The Morgan fingerprint density at radius 3 is 2.45 bits per heavy atom. The third-order valence-electron chi connectivity index (χ3n) is 4.50. The van der Waals surface area contributed by atoms with E-state index in [0.29, 0.717) is 11.5 Å². The van der Waals surface area contributed by atoms with E-state index in [1.165, 1.54) is 7.11 Å². The van der Waals surface area contributed by atoms with E-state index in [1.54, 1.807) is 12.1 Å². The van der Waals surface area contributed by atoms with Crippen LogP contribution in [0.5, 0.6) is 5.75 Å². The number of rotatable bonds is 4. The maximum absolute atomic E-state index is 13.5. The normalized spacial score (nSPS) is 21.6. The van der Waals surface area contributed by atoms with E-state index in [4.69, 9.17) is 4.74 Å². The number of alkyl halides is 3. The molecule has 3 nitrogen and oxygen atoms in total. The molecular weight excluding hydrogens is 293 g/mol. The maximum Gasteiger partial charge on any atom is 0.416 e. The Bertz CT molecular complexity index is 523. The van der Waals surface area contributed by atoms with Gasteiger partial charge in [-0.2, -0.15) is 13.2 Å². The minimum absolute atomic E-state index is 0.135. The predicted octanol–water partition coefficient (Wildman–Crippen LogP) is 3.07. The summed E-state index contributed by atoms with van der Waals surface area (Å²) < 4.78 is 45.5. The van der Waals surface area contributed by atoms with Gasteiger partial charge < -0.3 is 10.1 Å². The SMILES string of the molecule is COc1ccc([C@@H](C2CC2)N2CCNCC2)c(C(F)(F)F)c1. The maximum atomic E-state index is 13.5. The molecular formula is C16H21F3N2O. The molecule has 0 spiro atoms. The van der Waals surface area contributed by atoms with Crippen LogP contribution >= 0.6 is 0 Å². The number of nitrogens with one attached hydrogen (secondary N) is 1. The number of halogens is 3. The summed E-state index contributed by atoms with van der Waals surface area (Å²) in [6, 6.07) is 4.24. The van der Waals surface area contributed by atoms with E-state index in [-0.39, 0.29) is 11.8 Å². The number of ether oxygens (including phenoxy) is 1. The van der Waals surface area contributed by atoms with Crippen molar-refractivity contribution in [3.05, 3.63) is 29.3 Å². The van der Waals surface area contributed by atoms with Crippen LogP contribution in [-0.4, -0.2) is 38.2 Å². The lowest BCUT2D eigenvalue weighted by atomic mass is 9.94. The topological polar surface area (TPSA) is 24.5 Å². The molecule has 1 aromatic rings. The van der Waals surface area contributed by atoms with Gasteiger partial charge in [0.2, 0.25) is 0 Å². The lowest BCUT2D eigenvalue weighted by Crippen LogP contribution is -2.46. The van der Waals surface area contributed by atoms with Gasteiger partial charge in [-0.3, -0.25) is 4.90 Å². The second-order valence-electron chi connectivity index (χ2n) is 6.02. The summed E-state index contributed by atoms with van der Waals surface area (Å²) in [7, 11) is 1.39. The number of benzene rings is 1. The highest BCUT2D eigenvalue weighted by atomic mass is 19.4. The molecule has 0 radical (unpaired) electrons. The van der Waals surface area contributed by atoms with Gasteiger partial charge in [0.1, 0.15) is 5.75 Å². The van der Waals surface area contributed by atoms with Gasteiger partial charge in [0.15, 0.2) is 0 Å². The quantitative estimate of drug-likeness (QED) is 0.924. The molecule has 1 aliphatic carbocycles. The molecule has 2 aliphatic rings. The monoisotopic (exact) mass is 314 g/mol. The zero-order chi connectivity index (χ0) is 15.7. The highest BCUT2D eigenvalue weighted by molar-refractivity contribution is 5.40. The lowest BCUT2D eigenvalue weighted by Gasteiger charge is -2.36. The number of hydrogen-bond donors (Lipinski definition) is 1. The number of methoxy groups -OCH3 is 1. The average Bonchev–Trinajstić information content (AvgIpc) is 3.33. The van der Waals surface area contributed by atoms with Crippen LogP contribution in [0.2, 0.25) is 0 Å². The molecule has 3 rings (SSSR count). The molecule has 2 fully saturated rings. The van der Waals surface area contributed by atoms with Crippen LogP contribution in [-0.2, 0) is 6.18 Å². The Morgan fingerprint density at radius 2 is 1.91 bits per heavy atom. The Kier molecular flexibility index (Phi) is 4.32. The van der Waals surface area contributed by atoms with E-state index in [9.17, 15) is 13.2 Å². The fourth-order valence-corrected chi connectivity index (χ4v) is 3.29. The molecule has 1 heterocycles. The van der Waals surface area contributed by atoms with Gasteiger partial charge in [-0.05, 0) is 36.5 Å². The molecule has 0 unspecified atom stereocenters. The standard InChI is InChI=1S/C16H21F3N2O/c1-22-12-4-5-13(14(10-12)16(17,18)19)15(11-2-3-11)21-8-6-20-7-9-21/h4-5,10-11,15,20H,2-3,6-9H2,1H3/t15-/m1/s1. The largest absolute Gasteiger partial charge is 0.497 e. The summed E-state index contributed by atoms with van der Waals surface area (Å²) in [6.07, 6.45) is -2.33. The zero-order valence-electron chi connectivity index (χ0n) is 12.6. The first-order valence-electron chi connectivity index (χ1n) is 7.70. The third kappa shape index (κ3) is 3.22. The molecule has 122 valence electrons. The number of piperazine rings is 1. The lowest BCUT2D eigenvalue weighted by molar-refractivity contribution is -0.139. The van der Waals surface area contributed by atoms with Gasteiger partial charge in [-0.25, -0.2) is 0 Å². The predicted molar refractivity (Wildman–Crippen MR) is 77.9 cm³/mol. The van der Waals surface area contributed by atoms with Crippen LogP contribution in [0.3, 0.4) is 0 Å². The van der Waals surface area contributed by atoms with Gasteiger partial charge in [0.05, 0.1) is 12.7 Å². The van der Waals surface area contributed by atoms with Crippen molar-refractivity contribution in [1.29, 1.82) is 0 Å². The molecule has 1 aliphatic heterocycles. The summed E-state index contributed by atoms with van der Waals surface area (Å²) >= 11 is 0. The number of hydrogen-bond acceptors (Lipinski definition) is 3. The van der Waals surface area contributed by atoms with Crippen molar-refractivity contribution in [3.8, 4) is 5.75 Å². The summed E-state index contributed by atoms with van der Waals surface area (Å²) in [6.45, 7) is 3.26. The minimum Gasteiger partial charge on any atom is -0.497 e. The summed E-state index contributed by atoms with van der Waals surface area (Å²) in [5, 5.41) is 3.26. The van der Waals surface area contributed by atoms with Crippen LogP contribution in [0, 0.1) is 5.92 Å². The van der Waals surface area contributed by atoms with E-state index in [1.807, 2.05) is 0 Å². The second kappa shape index (κ2) is 6.08. The average molecular weight is 314 g/mol.